The Labute approximate surface area is 119 Å². The van der Waals surface area contributed by atoms with Crippen molar-refractivity contribution < 1.29 is 4.92 Å². The van der Waals surface area contributed by atoms with Gasteiger partial charge in [-0.05, 0) is 24.8 Å². The number of non-ortho nitro benzene ring substituents is 1. The van der Waals surface area contributed by atoms with E-state index in [9.17, 15) is 10.1 Å². The van der Waals surface area contributed by atoms with E-state index in [1.807, 2.05) is 0 Å². The summed E-state index contributed by atoms with van der Waals surface area (Å²) in [6.45, 7) is 4.20. The lowest BCUT2D eigenvalue weighted by atomic mass is 9.84. The van der Waals surface area contributed by atoms with Crippen LogP contribution in [0.25, 0.3) is 0 Å². The normalized spacial score (nSPS) is 14.1. The zero-order valence-corrected chi connectivity index (χ0v) is 12.2. The van der Waals surface area contributed by atoms with E-state index < -0.39 is 4.92 Å². The first kappa shape index (κ1) is 15.9. The summed E-state index contributed by atoms with van der Waals surface area (Å²) in [5, 5.41) is 11.1. The van der Waals surface area contributed by atoms with E-state index in [1.165, 1.54) is 12.1 Å². The van der Waals surface area contributed by atoms with Gasteiger partial charge in [0.2, 0.25) is 0 Å². The van der Waals surface area contributed by atoms with Crippen LogP contribution in [0.5, 0.6) is 0 Å². The molecule has 0 aliphatic rings. The molecule has 2 N–H and O–H groups in total. The maximum atomic E-state index is 10.7. The zero-order chi connectivity index (χ0) is 14.5. The van der Waals surface area contributed by atoms with Gasteiger partial charge in [0.05, 0.1) is 9.95 Å². The Hall–Kier alpha value is -1.13. The number of benzene rings is 1. The second kappa shape index (κ2) is 6.87. The van der Waals surface area contributed by atoms with Gasteiger partial charge in [0, 0.05) is 17.7 Å². The number of hydrogen-bond acceptors (Lipinski definition) is 3. The molecule has 1 aromatic rings. The van der Waals surface area contributed by atoms with Crippen LogP contribution in [0.2, 0.25) is 5.02 Å². The van der Waals surface area contributed by atoms with Crippen molar-refractivity contribution in [3.63, 3.8) is 0 Å². The summed E-state index contributed by atoms with van der Waals surface area (Å²) in [5.41, 5.74) is 7.01. The van der Waals surface area contributed by atoms with Crippen molar-refractivity contribution in [1.82, 2.24) is 0 Å². The number of unbranched alkanes of at least 4 members (excludes halogenated alkanes) is 1. The van der Waals surface area contributed by atoms with Crippen LogP contribution in [0.4, 0.5) is 5.69 Å². The Bertz CT molecular complexity index is 451. The van der Waals surface area contributed by atoms with Gasteiger partial charge in [-0.2, -0.15) is 0 Å². The number of nitro groups is 1. The Morgan fingerprint density at radius 1 is 1.42 bits per heavy atom. The Kier molecular flexibility index (Phi) is 5.76. The third-order valence-electron chi connectivity index (χ3n) is 3.52. The molecule has 0 amide bonds. The first-order valence-electron chi connectivity index (χ1n) is 6.63. The molecule has 1 unspecified atom stereocenters. The molecule has 1 aromatic carbocycles. The number of rotatable bonds is 7. The van der Waals surface area contributed by atoms with E-state index in [0.717, 1.165) is 31.2 Å². The summed E-state index contributed by atoms with van der Waals surface area (Å²) >= 11 is 6.11. The highest BCUT2D eigenvalue weighted by molar-refractivity contribution is 6.31. The van der Waals surface area contributed by atoms with Gasteiger partial charge >= 0.3 is 0 Å². The molecule has 5 heteroatoms. The van der Waals surface area contributed by atoms with Crippen molar-refractivity contribution in [2.24, 2.45) is 5.73 Å². The van der Waals surface area contributed by atoms with E-state index >= 15 is 0 Å². The van der Waals surface area contributed by atoms with Gasteiger partial charge in [-0.25, -0.2) is 0 Å². The molecule has 0 saturated carbocycles. The Balaban J connectivity index is 2.88. The lowest BCUT2D eigenvalue weighted by Gasteiger charge is -2.28. The first-order valence-corrected chi connectivity index (χ1v) is 7.01. The summed E-state index contributed by atoms with van der Waals surface area (Å²) in [7, 11) is 0. The first-order chi connectivity index (χ1) is 8.91. The fraction of sp³-hybridized carbons (Fsp3) is 0.571. The SMILES string of the molecule is CCCCC(N)(CC)Cc1ccc([N+](=O)[O-])cc1Cl. The van der Waals surface area contributed by atoms with Crippen molar-refractivity contribution in [2.75, 3.05) is 0 Å². The average molecular weight is 285 g/mol. The molecule has 0 radical (unpaired) electrons. The Morgan fingerprint density at radius 3 is 2.58 bits per heavy atom. The highest BCUT2D eigenvalue weighted by Gasteiger charge is 2.24. The topological polar surface area (TPSA) is 69.2 Å². The van der Waals surface area contributed by atoms with E-state index in [1.54, 1.807) is 6.07 Å². The molecule has 0 saturated heterocycles. The molecule has 0 aliphatic carbocycles. The van der Waals surface area contributed by atoms with Gasteiger partial charge in [-0.15, -0.1) is 0 Å². The van der Waals surface area contributed by atoms with Crippen molar-refractivity contribution in [3.8, 4) is 0 Å². The van der Waals surface area contributed by atoms with Crippen molar-refractivity contribution in [3.05, 3.63) is 38.9 Å². The van der Waals surface area contributed by atoms with Gasteiger partial charge in [0.1, 0.15) is 0 Å². The molecule has 0 fully saturated rings. The molecule has 1 atom stereocenters. The number of nitro benzene ring substituents is 1. The molecule has 1 rings (SSSR count). The van der Waals surface area contributed by atoms with Crippen LogP contribution in [0, 0.1) is 10.1 Å². The predicted molar refractivity (Wildman–Crippen MR) is 78.5 cm³/mol. The van der Waals surface area contributed by atoms with Gasteiger partial charge in [-0.3, -0.25) is 10.1 Å². The molecule has 19 heavy (non-hydrogen) atoms. The van der Waals surface area contributed by atoms with Crippen LogP contribution < -0.4 is 5.73 Å². The van der Waals surface area contributed by atoms with Crippen molar-refractivity contribution in [2.45, 2.75) is 51.5 Å². The van der Waals surface area contributed by atoms with E-state index in [4.69, 9.17) is 17.3 Å². The number of hydrogen-bond donors (Lipinski definition) is 1. The van der Waals surface area contributed by atoms with Gasteiger partial charge in [0.15, 0.2) is 0 Å². The lowest BCUT2D eigenvalue weighted by Crippen LogP contribution is -2.41. The van der Waals surface area contributed by atoms with Crippen LogP contribution in [0.15, 0.2) is 18.2 Å². The molecule has 0 aliphatic heterocycles. The lowest BCUT2D eigenvalue weighted by molar-refractivity contribution is -0.384. The predicted octanol–water partition coefficient (Wildman–Crippen LogP) is 4.09. The maximum Gasteiger partial charge on any atom is 0.270 e. The average Bonchev–Trinajstić information content (AvgIpc) is 2.38. The van der Waals surface area contributed by atoms with Crippen LogP contribution in [-0.2, 0) is 6.42 Å². The summed E-state index contributed by atoms with van der Waals surface area (Å²) in [6, 6.07) is 4.59. The third kappa shape index (κ3) is 4.48. The minimum atomic E-state index is -0.442. The van der Waals surface area contributed by atoms with Crippen LogP contribution >= 0.6 is 11.6 Å². The molecule has 0 bridgehead atoms. The summed E-state index contributed by atoms with van der Waals surface area (Å²) in [5.74, 6) is 0. The monoisotopic (exact) mass is 284 g/mol. The molecule has 0 aromatic heterocycles. The maximum absolute atomic E-state index is 10.7. The van der Waals surface area contributed by atoms with Crippen LogP contribution in [-0.4, -0.2) is 10.5 Å². The van der Waals surface area contributed by atoms with Gasteiger partial charge in [-0.1, -0.05) is 44.4 Å². The van der Waals surface area contributed by atoms with Crippen LogP contribution in [0.1, 0.15) is 45.1 Å². The molecular formula is C14H21ClN2O2. The van der Waals surface area contributed by atoms with Gasteiger partial charge in [0.25, 0.3) is 5.69 Å². The van der Waals surface area contributed by atoms with E-state index in [2.05, 4.69) is 13.8 Å². The third-order valence-corrected chi connectivity index (χ3v) is 3.87. The number of halogens is 1. The van der Waals surface area contributed by atoms with Crippen LogP contribution in [0.3, 0.4) is 0 Å². The second-order valence-corrected chi connectivity index (χ2v) is 5.44. The standard InChI is InChI=1S/C14H21ClN2O2/c1-3-5-8-14(16,4-2)10-11-6-7-12(17(18)19)9-13(11)15/h6-7,9H,3-5,8,10,16H2,1-2H3. The Morgan fingerprint density at radius 2 is 2.11 bits per heavy atom. The molecule has 0 spiro atoms. The quantitative estimate of drug-likeness (QED) is 0.605. The smallest absolute Gasteiger partial charge is 0.270 e. The second-order valence-electron chi connectivity index (χ2n) is 5.03. The van der Waals surface area contributed by atoms with Crippen molar-refractivity contribution in [1.29, 1.82) is 0 Å². The molecule has 106 valence electrons. The molecule has 0 heterocycles. The summed E-state index contributed by atoms with van der Waals surface area (Å²) < 4.78 is 0. The minimum absolute atomic E-state index is 0.0152. The van der Waals surface area contributed by atoms with E-state index in [-0.39, 0.29) is 11.2 Å². The number of nitrogens with two attached hydrogens (primary N) is 1. The largest absolute Gasteiger partial charge is 0.325 e. The molecular weight excluding hydrogens is 264 g/mol. The van der Waals surface area contributed by atoms with Gasteiger partial charge < -0.3 is 5.73 Å². The highest BCUT2D eigenvalue weighted by atomic mass is 35.5. The van der Waals surface area contributed by atoms with E-state index in [0.29, 0.717) is 11.4 Å². The van der Waals surface area contributed by atoms with Crippen molar-refractivity contribution >= 4 is 17.3 Å². The summed E-state index contributed by atoms with van der Waals surface area (Å²) in [4.78, 5) is 10.2. The fourth-order valence-corrected chi connectivity index (χ4v) is 2.33. The summed E-state index contributed by atoms with van der Waals surface area (Å²) in [6.07, 6.45) is 4.63. The fourth-order valence-electron chi connectivity index (χ4n) is 2.09. The minimum Gasteiger partial charge on any atom is -0.325 e. The number of nitrogens with zero attached hydrogens (tertiary/aromatic N) is 1. The highest BCUT2D eigenvalue weighted by Crippen LogP contribution is 2.28. The zero-order valence-electron chi connectivity index (χ0n) is 11.5. The molecule has 4 nitrogen and oxygen atoms in total.